The molecule has 0 aliphatic rings. The van der Waals surface area contributed by atoms with Gasteiger partial charge in [0, 0.05) is 13.1 Å². The van der Waals surface area contributed by atoms with Crippen LogP contribution in [0, 0.1) is 5.41 Å². The third-order valence-corrected chi connectivity index (χ3v) is 7.20. The van der Waals surface area contributed by atoms with Crippen LogP contribution in [0.15, 0.2) is 84.9 Å². The summed E-state index contributed by atoms with van der Waals surface area (Å²) in [6.45, 7) is 3.78. The number of hydrogen-bond acceptors (Lipinski definition) is 6. The summed E-state index contributed by atoms with van der Waals surface area (Å²) >= 11 is 0. The van der Waals surface area contributed by atoms with E-state index in [0.717, 1.165) is 11.1 Å². The summed E-state index contributed by atoms with van der Waals surface area (Å²) in [5, 5.41) is 18.4. The van der Waals surface area contributed by atoms with Crippen molar-refractivity contribution in [3.05, 3.63) is 107 Å². The van der Waals surface area contributed by atoms with Gasteiger partial charge in [-0.3, -0.25) is 15.0 Å². The smallest absolute Gasteiger partial charge is 0.336 e. The number of ether oxygens (including phenoxy) is 1. The summed E-state index contributed by atoms with van der Waals surface area (Å²) in [5.74, 6) is -2.18. The van der Waals surface area contributed by atoms with E-state index in [1.807, 2.05) is 60.7 Å². The summed E-state index contributed by atoms with van der Waals surface area (Å²) in [7, 11) is 0. The molecule has 238 valence electrons. The summed E-state index contributed by atoms with van der Waals surface area (Å²) in [5.41, 5.74) is 12.0. The number of esters is 1. The van der Waals surface area contributed by atoms with Gasteiger partial charge in [0.1, 0.15) is 6.04 Å². The number of benzene rings is 3. The van der Waals surface area contributed by atoms with Gasteiger partial charge < -0.3 is 37.5 Å². The molecule has 0 bridgehead atoms. The summed E-state index contributed by atoms with van der Waals surface area (Å²) in [6.07, 6.45) is 0.761. The van der Waals surface area contributed by atoms with Crippen molar-refractivity contribution in [3.63, 3.8) is 0 Å². The van der Waals surface area contributed by atoms with Crippen LogP contribution in [-0.2, 0) is 31.2 Å². The van der Waals surface area contributed by atoms with Gasteiger partial charge in [-0.05, 0) is 48.9 Å². The summed E-state index contributed by atoms with van der Waals surface area (Å²) in [4.78, 5) is 51.4. The zero-order valence-electron chi connectivity index (χ0n) is 25.5. The Morgan fingerprint density at radius 2 is 1.42 bits per heavy atom. The number of primary amides is 1. The lowest BCUT2D eigenvalue weighted by Crippen LogP contribution is -2.52. The van der Waals surface area contributed by atoms with E-state index in [9.17, 15) is 19.2 Å². The Morgan fingerprint density at radius 1 is 0.844 bits per heavy atom. The standard InChI is InChI=1S/C33H41N7O5/c1-3-45-30(43)33(2,40-32(36)44)25-18-16-22(17-19-25)21-38-28(41)26(15-10-20-37-31(34)35)39-29(42)27(23-11-6-4-7-12-23)24-13-8-5-9-14-24/h4-9,11-14,16-19,26-27H,3,10,15,20-21H2,1-2H3,(H,38,41)(H,39,42)(H4,34,35,37)(H3,36,40,44). The largest absolute Gasteiger partial charge is 0.464 e. The summed E-state index contributed by atoms with van der Waals surface area (Å²) in [6, 6.07) is 23.7. The lowest BCUT2D eigenvalue weighted by molar-refractivity contribution is -0.150. The highest BCUT2D eigenvalue weighted by molar-refractivity contribution is 5.92. The highest BCUT2D eigenvalue weighted by Crippen LogP contribution is 2.26. The topological polar surface area (TPSA) is 202 Å². The number of hydrogen-bond donors (Lipinski definition) is 7. The number of amides is 4. The molecule has 2 unspecified atom stereocenters. The van der Waals surface area contributed by atoms with Crippen LogP contribution in [0.1, 0.15) is 54.9 Å². The van der Waals surface area contributed by atoms with Gasteiger partial charge in [-0.25, -0.2) is 9.59 Å². The number of carbonyl (C=O) groups excluding carboxylic acids is 4. The predicted octanol–water partition coefficient (Wildman–Crippen LogP) is 2.33. The normalized spacial score (nSPS) is 12.7. The van der Waals surface area contributed by atoms with Crippen molar-refractivity contribution in [1.29, 1.82) is 5.41 Å². The first-order valence-electron chi connectivity index (χ1n) is 14.6. The van der Waals surface area contributed by atoms with Crippen molar-refractivity contribution < 1.29 is 23.9 Å². The van der Waals surface area contributed by atoms with E-state index in [4.69, 9.17) is 21.6 Å². The number of nitrogens with two attached hydrogens (primary N) is 2. The monoisotopic (exact) mass is 615 g/mol. The second-order valence-electron chi connectivity index (χ2n) is 10.5. The van der Waals surface area contributed by atoms with E-state index in [0.29, 0.717) is 30.5 Å². The quantitative estimate of drug-likeness (QED) is 0.0588. The summed E-state index contributed by atoms with van der Waals surface area (Å²) < 4.78 is 5.13. The molecule has 3 rings (SSSR count). The van der Waals surface area contributed by atoms with Crippen LogP contribution < -0.4 is 32.7 Å². The Bertz CT molecular complexity index is 1410. The van der Waals surface area contributed by atoms with Crippen molar-refractivity contribution in [1.82, 2.24) is 21.3 Å². The SMILES string of the molecule is CCOC(=O)C(C)(NC(N)=O)c1ccc(CNC(=O)C(CCCNC(=N)N)NC(=O)C(c2ccccc2)c2ccccc2)cc1. The molecule has 0 aliphatic carbocycles. The molecule has 0 spiro atoms. The molecular weight excluding hydrogens is 574 g/mol. The Kier molecular flexibility index (Phi) is 12.5. The van der Waals surface area contributed by atoms with Crippen LogP contribution in [0.2, 0.25) is 0 Å². The minimum absolute atomic E-state index is 0.124. The average molecular weight is 616 g/mol. The van der Waals surface area contributed by atoms with Crippen LogP contribution in [0.4, 0.5) is 4.79 Å². The Labute approximate surface area is 262 Å². The Morgan fingerprint density at radius 3 is 1.93 bits per heavy atom. The molecule has 0 radical (unpaired) electrons. The maximum absolute atomic E-state index is 13.7. The van der Waals surface area contributed by atoms with Gasteiger partial charge in [-0.1, -0.05) is 84.9 Å². The van der Waals surface area contributed by atoms with Gasteiger partial charge in [0.15, 0.2) is 11.5 Å². The fourth-order valence-electron chi connectivity index (χ4n) is 4.87. The molecule has 0 heterocycles. The van der Waals surface area contributed by atoms with Gasteiger partial charge in [0.25, 0.3) is 0 Å². The molecule has 4 amide bonds. The molecule has 12 heteroatoms. The van der Waals surface area contributed by atoms with Crippen LogP contribution in [0.25, 0.3) is 0 Å². The molecule has 0 saturated heterocycles. The van der Waals surface area contributed by atoms with E-state index >= 15 is 0 Å². The van der Waals surface area contributed by atoms with E-state index in [2.05, 4.69) is 21.3 Å². The first-order chi connectivity index (χ1) is 21.5. The molecule has 2 atom stereocenters. The van der Waals surface area contributed by atoms with E-state index in [1.54, 1.807) is 31.2 Å². The van der Waals surface area contributed by atoms with Crippen molar-refractivity contribution in [2.24, 2.45) is 11.5 Å². The third-order valence-electron chi connectivity index (χ3n) is 7.20. The fourth-order valence-corrected chi connectivity index (χ4v) is 4.87. The molecule has 0 aliphatic heterocycles. The zero-order chi connectivity index (χ0) is 32.8. The number of carbonyl (C=O) groups is 4. The van der Waals surface area contributed by atoms with Crippen LogP contribution in [-0.4, -0.2) is 49.0 Å². The highest BCUT2D eigenvalue weighted by Gasteiger charge is 2.38. The van der Waals surface area contributed by atoms with Crippen molar-refractivity contribution in [2.75, 3.05) is 13.2 Å². The van der Waals surface area contributed by atoms with Gasteiger partial charge in [-0.2, -0.15) is 0 Å². The third kappa shape index (κ3) is 9.82. The first kappa shape index (κ1) is 34.1. The van der Waals surface area contributed by atoms with Crippen LogP contribution in [0.3, 0.4) is 0 Å². The Hall–Kier alpha value is -5.39. The molecule has 45 heavy (non-hydrogen) atoms. The fraction of sp³-hybridized carbons (Fsp3) is 0.303. The predicted molar refractivity (Wildman–Crippen MR) is 171 cm³/mol. The van der Waals surface area contributed by atoms with Crippen molar-refractivity contribution in [2.45, 2.75) is 50.7 Å². The number of nitrogens with one attached hydrogen (secondary N) is 5. The number of rotatable bonds is 15. The van der Waals surface area contributed by atoms with Gasteiger partial charge in [0.2, 0.25) is 11.8 Å². The lowest BCUT2D eigenvalue weighted by Gasteiger charge is -2.28. The van der Waals surface area contributed by atoms with E-state index in [1.165, 1.54) is 6.92 Å². The second-order valence-corrected chi connectivity index (χ2v) is 10.5. The number of guanidine groups is 1. The van der Waals surface area contributed by atoms with E-state index < -0.39 is 29.5 Å². The van der Waals surface area contributed by atoms with Gasteiger partial charge in [0.05, 0.1) is 12.5 Å². The molecule has 12 nitrogen and oxygen atoms in total. The van der Waals surface area contributed by atoms with Gasteiger partial charge >= 0.3 is 12.0 Å². The Balaban J connectivity index is 1.76. The van der Waals surface area contributed by atoms with E-state index in [-0.39, 0.29) is 30.9 Å². The van der Waals surface area contributed by atoms with Crippen LogP contribution in [0.5, 0.6) is 0 Å². The molecule has 3 aromatic rings. The molecule has 0 aromatic heterocycles. The molecule has 0 saturated carbocycles. The second kappa shape index (κ2) is 16.5. The van der Waals surface area contributed by atoms with Crippen molar-refractivity contribution in [3.8, 4) is 0 Å². The highest BCUT2D eigenvalue weighted by atomic mass is 16.5. The zero-order valence-corrected chi connectivity index (χ0v) is 25.5. The molecule has 0 fully saturated rings. The molecular formula is C33H41N7O5. The maximum atomic E-state index is 13.7. The average Bonchev–Trinajstić information content (AvgIpc) is 3.02. The lowest BCUT2D eigenvalue weighted by atomic mass is 9.90. The van der Waals surface area contributed by atoms with Gasteiger partial charge in [-0.15, -0.1) is 0 Å². The first-order valence-corrected chi connectivity index (χ1v) is 14.6. The maximum Gasteiger partial charge on any atom is 0.336 e. The number of urea groups is 1. The minimum Gasteiger partial charge on any atom is -0.464 e. The molecule has 3 aromatic carbocycles. The van der Waals surface area contributed by atoms with Crippen LogP contribution >= 0.6 is 0 Å². The minimum atomic E-state index is -1.50. The van der Waals surface area contributed by atoms with Crippen molar-refractivity contribution >= 4 is 29.8 Å². The molecule has 9 N–H and O–H groups in total.